The molecule has 0 radical (unpaired) electrons. The van der Waals surface area contributed by atoms with E-state index in [1.54, 1.807) is 0 Å². The molecule has 1 aliphatic rings. The highest BCUT2D eigenvalue weighted by molar-refractivity contribution is 5.91. The van der Waals surface area contributed by atoms with E-state index in [2.05, 4.69) is 20.0 Å². The highest BCUT2D eigenvalue weighted by atomic mass is 19.4. The number of alkyl halides is 3. The molecule has 4 aromatic rings. The summed E-state index contributed by atoms with van der Waals surface area (Å²) < 4.78 is 69.8. The Labute approximate surface area is 202 Å². The normalized spacial score (nSPS) is 17.2. The van der Waals surface area contributed by atoms with Crippen LogP contribution in [0.3, 0.4) is 0 Å². The van der Waals surface area contributed by atoms with E-state index in [1.165, 1.54) is 17.9 Å². The Morgan fingerprint density at radius 2 is 1.75 bits per heavy atom. The molecule has 1 fully saturated rings. The van der Waals surface area contributed by atoms with Crippen LogP contribution in [0.1, 0.15) is 17.2 Å². The average Bonchev–Trinajstić information content (AvgIpc) is 3.18. The summed E-state index contributed by atoms with van der Waals surface area (Å²) >= 11 is 0. The SMILES string of the molecule is CN1CCN(c2ncc3c(-c4cc(C(F)(F)F)c(F)c(O)c4F)nn(C)c3n2)CC1c1ccccc1. The van der Waals surface area contributed by atoms with Crippen molar-refractivity contribution in [2.24, 2.45) is 7.05 Å². The summed E-state index contributed by atoms with van der Waals surface area (Å²) in [5.74, 6) is -4.95. The summed E-state index contributed by atoms with van der Waals surface area (Å²) in [4.78, 5) is 13.2. The number of fused-ring (bicyclic) bond motifs is 1. The molecule has 1 saturated heterocycles. The van der Waals surface area contributed by atoms with Gasteiger partial charge >= 0.3 is 6.18 Å². The van der Waals surface area contributed by atoms with Gasteiger partial charge < -0.3 is 10.0 Å². The predicted molar refractivity (Wildman–Crippen MR) is 122 cm³/mol. The lowest BCUT2D eigenvalue weighted by atomic mass is 10.0. The molecule has 0 aliphatic carbocycles. The molecule has 1 atom stereocenters. The first-order valence-electron chi connectivity index (χ1n) is 11.0. The van der Waals surface area contributed by atoms with Crippen LogP contribution >= 0.6 is 0 Å². The summed E-state index contributed by atoms with van der Waals surface area (Å²) in [5.41, 5.74) is -1.34. The van der Waals surface area contributed by atoms with Gasteiger partial charge in [0.25, 0.3) is 0 Å². The van der Waals surface area contributed by atoms with Gasteiger partial charge in [0.05, 0.1) is 17.0 Å². The molecule has 12 heteroatoms. The molecule has 0 spiro atoms. The topological polar surface area (TPSA) is 70.3 Å². The first kappa shape index (κ1) is 23.9. The van der Waals surface area contributed by atoms with Gasteiger partial charge in [0.1, 0.15) is 5.69 Å². The molecule has 0 saturated carbocycles. The van der Waals surface area contributed by atoms with Crippen LogP contribution < -0.4 is 4.90 Å². The van der Waals surface area contributed by atoms with Crippen molar-refractivity contribution in [2.45, 2.75) is 12.2 Å². The van der Waals surface area contributed by atoms with Crippen LogP contribution in [0.2, 0.25) is 0 Å². The molecular weight excluding hydrogens is 483 g/mol. The van der Waals surface area contributed by atoms with Gasteiger partial charge in [-0.05, 0) is 18.7 Å². The monoisotopic (exact) mass is 504 g/mol. The minimum atomic E-state index is -5.14. The van der Waals surface area contributed by atoms with E-state index in [9.17, 15) is 27.1 Å². The Hall–Kier alpha value is -3.80. The van der Waals surface area contributed by atoms with Crippen molar-refractivity contribution in [3.8, 4) is 17.0 Å². The van der Waals surface area contributed by atoms with Crippen molar-refractivity contribution in [3.63, 3.8) is 0 Å². The second-order valence-electron chi connectivity index (χ2n) is 8.68. The number of aromatic hydroxyl groups is 1. The fourth-order valence-corrected chi connectivity index (χ4v) is 4.47. The lowest BCUT2D eigenvalue weighted by molar-refractivity contribution is -0.140. The summed E-state index contributed by atoms with van der Waals surface area (Å²) in [6, 6.07) is 10.4. The number of piperazine rings is 1. The van der Waals surface area contributed by atoms with E-state index in [0.29, 0.717) is 25.1 Å². The molecule has 1 N–H and O–H groups in total. The third-order valence-electron chi connectivity index (χ3n) is 6.42. The molecule has 1 unspecified atom stereocenters. The number of phenols is 1. The van der Waals surface area contributed by atoms with E-state index in [4.69, 9.17) is 0 Å². The Morgan fingerprint density at radius 1 is 1.03 bits per heavy atom. The molecule has 188 valence electrons. The summed E-state index contributed by atoms with van der Waals surface area (Å²) in [6.45, 7) is 2.00. The largest absolute Gasteiger partial charge is 0.503 e. The standard InChI is InChI=1S/C24H21F5N6O/c1-33-8-9-35(12-17(33)13-6-4-3-5-7-13)23-30-11-15-20(32-34(2)22(15)31-23)14-10-16(24(27,28)29)19(26)21(36)18(14)25/h3-7,10-11,17,36H,8-9,12H2,1-2H3. The van der Waals surface area contributed by atoms with E-state index in [0.717, 1.165) is 12.1 Å². The van der Waals surface area contributed by atoms with Crippen LogP contribution in [0.15, 0.2) is 42.6 Å². The number of anilines is 1. The van der Waals surface area contributed by atoms with Gasteiger partial charge in [-0.3, -0.25) is 4.90 Å². The van der Waals surface area contributed by atoms with Gasteiger partial charge in [-0.1, -0.05) is 30.3 Å². The average molecular weight is 504 g/mol. The maximum absolute atomic E-state index is 14.7. The molecule has 2 aromatic heterocycles. The zero-order valence-corrected chi connectivity index (χ0v) is 19.3. The van der Waals surface area contributed by atoms with Crippen molar-refractivity contribution in [3.05, 3.63) is 65.4 Å². The molecule has 1 aliphatic heterocycles. The van der Waals surface area contributed by atoms with Crippen LogP contribution in [-0.2, 0) is 13.2 Å². The smallest absolute Gasteiger partial charge is 0.419 e. The second kappa shape index (κ2) is 8.70. The molecule has 7 nitrogen and oxygen atoms in total. The number of aryl methyl sites for hydroxylation is 1. The van der Waals surface area contributed by atoms with E-state index < -0.39 is 34.7 Å². The Morgan fingerprint density at radius 3 is 2.44 bits per heavy atom. The Balaban J connectivity index is 1.55. The number of likely N-dealkylation sites (N-methyl/N-ethyl adjacent to an activating group) is 1. The van der Waals surface area contributed by atoms with Crippen molar-refractivity contribution >= 4 is 17.0 Å². The fraction of sp³-hybridized carbons (Fsp3) is 0.292. The maximum Gasteiger partial charge on any atom is 0.419 e. The number of nitrogens with zero attached hydrogens (tertiary/aromatic N) is 6. The lowest BCUT2D eigenvalue weighted by Gasteiger charge is -2.39. The molecule has 36 heavy (non-hydrogen) atoms. The first-order valence-corrected chi connectivity index (χ1v) is 11.0. The van der Waals surface area contributed by atoms with Crippen LogP contribution in [0.4, 0.5) is 27.9 Å². The van der Waals surface area contributed by atoms with Crippen molar-refractivity contribution in [2.75, 3.05) is 31.6 Å². The van der Waals surface area contributed by atoms with E-state index in [-0.39, 0.29) is 22.8 Å². The Kier molecular flexibility index (Phi) is 5.78. The predicted octanol–water partition coefficient (Wildman–Crippen LogP) is 4.53. The first-order chi connectivity index (χ1) is 17.1. The maximum atomic E-state index is 14.7. The summed E-state index contributed by atoms with van der Waals surface area (Å²) in [7, 11) is 3.54. The number of halogens is 5. The molecule has 0 bridgehead atoms. The third kappa shape index (κ3) is 4.00. The van der Waals surface area contributed by atoms with Gasteiger partial charge in [-0.2, -0.15) is 23.3 Å². The van der Waals surface area contributed by atoms with Crippen LogP contribution in [-0.4, -0.2) is 56.4 Å². The van der Waals surface area contributed by atoms with Crippen LogP contribution in [0.25, 0.3) is 22.3 Å². The van der Waals surface area contributed by atoms with E-state index >= 15 is 0 Å². The molecular formula is C24H21F5N6O. The van der Waals surface area contributed by atoms with Gasteiger partial charge in [0, 0.05) is 38.4 Å². The van der Waals surface area contributed by atoms with Gasteiger partial charge in [0.2, 0.25) is 5.95 Å². The van der Waals surface area contributed by atoms with Gasteiger partial charge in [0.15, 0.2) is 23.0 Å². The second-order valence-corrected chi connectivity index (χ2v) is 8.68. The zero-order chi connectivity index (χ0) is 25.8. The highest BCUT2D eigenvalue weighted by Crippen LogP contribution is 2.41. The number of aromatic nitrogens is 4. The molecule has 5 rings (SSSR count). The minimum absolute atomic E-state index is 0.0958. The summed E-state index contributed by atoms with van der Waals surface area (Å²) in [6.07, 6.45) is -3.79. The van der Waals surface area contributed by atoms with Crippen molar-refractivity contribution in [1.82, 2.24) is 24.6 Å². The quantitative estimate of drug-likeness (QED) is 0.414. The molecule has 3 heterocycles. The van der Waals surface area contributed by atoms with Crippen LogP contribution in [0, 0.1) is 11.6 Å². The number of benzene rings is 2. The van der Waals surface area contributed by atoms with E-state index in [1.807, 2.05) is 42.3 Å². The number of hydrogen-bond acceptors (Lipinski definition) is 6. The third-order valence-corrected chi connectivity index (χ3v) is 6.42. The zero-order valence-electron chi connectivity index (χ0n) is 19.3. The fourth-order valence-electron chi connectivity index (χ4n) is 4.47. The number of rotatable bonds is 3. The van der Waals surface area contributed by atoms with Crippen molar-refractivity contribution < 1.29 is 27.1 Å². The molecule has 0 amide bonds. The number of phenolic OH excluding ortho intramolecular Hbond substituents is 1. The van der Waals surface area contributed by atoms with Crippen molar-refractivity contribution in [1.29, 1.82) is 0 Å². The van der Waals surface area contributed by atoms with Crippen LogP contribution in [0.5, 0.6) is 5.75 Å². The highest BCUT2D eigenvalue weighted by Gasteiger charge is 2.38. The number of hydrogen-bond donors (Lipinski definition) is 1. The van der Waals surface area contributed by atoms with Gasteiger partial charge in [-0.15, -0.1) is 0 Å². The van der Waals surface area contributed by atoms with Gasteiger partial charge in [-0.25, -0.2) is 18.4 Å². The Bertz CT molecular complexity index is 1440. The lowest BCUT2D eigenvalue weighted by Crippen LogP contribution is -2.47. The molecule has 2 aromatic carbocycles. The minimum Gasteiger partial charge on any atom is -0.503 e. The summed E-state index contributed by atoms with van der Waals surface area (Å²) in [5, 5.41) is 14.0.